The molecule has 0 radical (unpaired) electrons. The van der Waals surface area contributed by atoms with Gasteiger partial charge in [-0.15, -0.1) is 0 Å². The average molecular weight is 200 g/mol. The molecule has 0 amide bonds. The molecule has 0 saturated heterocycles. The highest BCUT2D eigenvalue weighted by Crippen LogP contribution is 2.00. The van der Waals surface area contributed by atoms with E-state index in [4.69, 9.17) is 33.4 Å². The van der Waals surface area contributed by atoms with Gasteiger partial charge < -0.3 is 15.5 Å². The third kappa shape index (κ3) is 5.47. The van der Waals surface area contributed by atoms with E-state index in [-0.39, 0.29) is 19.3 Å². The molecular weight excluding hydrogens is 189 g/mol. The van der Waals surface area contributed by atoms with Gasteiger partial charge in [-0.1, -0.05) is 23.2 Å². The summed E-state index contributed by atoms with van der Waals surface area (Å²) in [5, 5.41) is 20.4. The summed E-state index contributed by atoms with van der Waals surface area (Å²) in [7, 11) is 0. The van der Waals surface area contributed by atoms with Crippen molar-refractivity contribution in [3.8, 4) is 0 Å². The van der Waals surface area contributed by atoms with Crippen molar-refractivity contribution in [1.29, 1.82) is 0 Å². The Morgan fingerprint density at radius 1 is 1.45 bits per heavy atom. The fourth-order valence-corrected chi connectivity index (χ4v) is 0.622. The second-order valence-corrected chi connectivity index (χ2v) is 2.70. The first-order valence-electron chi connectivity index (χ1n) is 3.14. The standard InChI is InChI=1S/C6H11Cl2NO2/c7-1-5(8)2-9-6(3-10)4-11/h1,6,9-11H,2-4H2. The molecule has 3 N–H and O–H groups in total. The van der Waals surface area contributed by atoms with Crippen molar-refractivity contribution >= 4 is 23.2 Å². The first kappa shape index (κ1) is 11.2. The SMILES string of the molecule is OCC(CO)NCC(Cl)=CCl. The fraction of sp³-hybridized carbons (Fsp3) is 0.667. The Kier molecular flexibility index (Phi) is 7.01. The lowest BCUT2D eigenvalue weighted by Crippen LogP contribution is -2.36. The Bertz CT molecular complexity index is 126. The molecule has 0 aliphatic heterocycles. The van der Waals surface area contributed by atoms with Crippen LogP contribution in [0.3, 0.4) is 0 Å². The summed E-state index contributed by atoms with van der Waals surface area (Å²) in [6.07, 6.45) is 0. The van der Waals surface area contributed by atoms with Gasteiger partial charge in [0.05, 0.1) is 19.3 Å². The molecule has 0 aliphatic carbocycles. The van der Waals surface area contributed by atoms with E-state index < -0.39 is 0 Å². The largest absolute Gasteiger partial charge is 0.395 e. The van der Waals surface area contributed by atoms with Gasteiger partial charge in [-0.3, -0.25) is 0 Å². The zero-order valence-corrected chi connectivity index (χ0v) is 7.44. The minimum absolute atomic E-state index is 0.122. The van der Waals surface area contributed by atoms with Crippen LogP contribution in [0.2, 0.25) is 0 Å². The minimum Gasteiger partial charge on any atom is -0.395 e. The molecule has 0 aromatic heterocycles. The highest BCUT2D eigenvalue weighted by atomic mass is 35.5. The van der Waals surface area contributed by atoms with Crippen molar-refractivity contribution in [2.24, 2.45) is 0 Å². The molecule has 3 nitrogen and oxygen atoms in total. The molecule has 0 aromatic carbocycles. The van der Waals surface area contributed by atoms with Gasteiger partial charge in [0.2, 0.25) is 0 Å². The highest BCUT2D eigenvalue weighted by molar-refractivity contribution is 6.36. The van der Waals surface area contributed by atoms with Gasteiger partial charge in [0.25, 0.3) is 0 Å². The van der Waals surface area contributed by atoms with Crippen LogP contribution in [-0.2, 0) is 0 Å². The van der Waals surface area contributed by atoms with Gasteiger partial charge in [0.15, 0.2) is 0 Å². The lowest BCUT2D eigenvalue weighted by atomic mass is 10.3. The van der Waals surface area contributed by atoms with Crippen LogP contribution in [0.25, 0.3) is 0 Å². The first-order valence-corrected chi connectivity index (χ1v) is 3.96. The molecule has 0 saturated carbocycles. The topological polar surface area (TPSA) is 52.5 Å². The summed E-state index contributed by atoms with van der Waals surface area (Å²) < 4.78 is 0. The van der Waals surface area contributed by atoms with Crippen LogP contribution < -0.4 is 5.32 Å². The van der Waals surface area contributed by atoms with Crippen molar-refractivity contribution in [1.82, 2.24) is 5.32 Å². The van der Waals surface area contributed by atoms with Crippen molar-refractivity contribution in [3.05, 3.63) is 10.6 Å². The van der Waals surface area contributed by atoms with E-state index >= 15 is 0 Å². The maximum atomic E-state index is 8.59. The van der Waals surface area contributed by atoms with E-state index in [2.05, 4.69) is 5.32 Å². The summed E-state index contributed by atoms with van der Waals surface area (Å²) in [6.45, 7) is 0.114. The monoisotopic (exact) mass is 199 g/mol. The molecule has 0 spiro atoms. The third-order valence-corrected chi connectivity index (χ3v) is 1.74. The van der Waals surface area contributed by atoms with Gasteiger partial charge in [-0.2, -0.15) is 0 Å². The Labute approximate surface area is 75.6 Å². The van der Waals surface area contributed by atoms with Crippen molar-refractivity contribution < 1.29 is 10.2 Å². The second-order valence-electron chi connectivity index (χ2n) is 2.00. The van der Waals surface area contributed by atoms with Crippen LogP contribution in [0.15, 0.2) is 10.6 Å². The number of halogens is 2. The molecule has 66 valence electrons. The maximum absolute atomic E-state index is 8.59. The van der Waals surface area contributed by atoms with Crippen molar-refractivity contribution in [2.75, 3.05) is 19.8 Å². The molecule has 11 heavy (non-hydrogen) atoms. The summed E-state index contributed by atoms with van der Waals surface area (Å²) in [5.41, 5.74) is 1.24. The lowest BCUT2D eigenvalue weighted by Gasteiger charge is -2.11. The third-order valence-electron chi connectivity index (χ3n) is 1.12. The quantitative estimate of drug-likeness (QED) is 0.596. The van der Waals surface area contributed by atoms with Gasteiger partial charge in [-0.25, -0.2) is 0 Å². The molecule has 0 fully saturated rings. The lowest BCUT2D eigenvalue weighted by molar-refractivity contribution is 0.174. The zero-order chi connectivity index (χ0) is 8.69. The predicted octanol–water partition coefficient (Wildman–Crippen LogP) is 0.248. The predicted molar refractivity (Wildman–Crippen MR) is 45.8 cm³/mol. The van der Waals surface area contributed by atoms with Crippen LogP contribution in [-0.4, -0.2) is 36.0 Å². The second kappa shape index (κ2) is 6.88. The molecule has 0 bridgehead atoms. The van der Waals surface area contributed by atoms with Crippen molar-refractivity contribution in [2.45, 2.75) is 6.04 Å². The Balaban J connectivity index is 3.50. The highest BCUT2D eigenvalue weighted by Gasteiger charge is 2.03. The molecule has 0 aromatic rings. The molecule has 0 rings (SSSR count). The van der Waals surface area contributed by atoms with E-state index in [0.29, 0.717) is 11.6 Å². The normalized spacial score (nSPS) is 12.6. The van der Waals surface area contributed by atoms with E-state index in [0.717, 1.165) is 0 Å². The van der Waals surface area contributed by atoms with E-state index in [1.807, 2.05) is 0 Å². The van der Waals surface area contributed by atoms with E-state index in [1.165, 1.54) is 5.54 Å². The Morgan fingerprint density at radius 3 is 2.36 bits per heavy atom. The first-order chi connectivity index (χ1) is 5.24. The van der Waals surface area contributed by atoms with Crippen LogP contribution in [0.5, 0.6) is 0 Å². The Morgan fingerprint density at radius 2 is 2.00 bits per heavy atom. The van der Waals surface area contributed by atoms with Crippen LogP contribution >= 0.6 is 23.2 Å². The van der Waals surface area contributed by atoms with E-state index in [9.17, 15) is 0 Å². The molecule has 5 heteroatoms. The number of aliphatic hydroxyl groups is 2. The smallest absolute Gasteiger partial charge is 0.0607 e. The number of hydrogen-bond donors (Lipinski definition) is 3. The molecule has 0 heterocycles. The van der Waals surface area contributed by atoms with E-state index in [1.54, 1.807) is 0 Å². The van der Waals surface area contributed by atoms with Crippen LogP contribution in [0.1, 0.15) is 0 Å². The van der Waals surface area contributed by atoms with Crippen LogP contribution in [0, 0.1) is 0 Å². The number of rotatable bonds is 5. The van der Waals surface area contributed by atoms with Gasteiger partial charge in [0.1, 0.15) is 0 Å². The number of nitrogens with one attached hydrogen (secondary N) is 1. The van der Waals surface area contributed by atoms with Gasteiger partial charge in [-0.05, 0) is 0 Å². The fourth-order valence-electron chi connectivity index (χ4n) is 0.467. The summed E-state index contributed by atoms with van der Waals surface area (Å²) in [6, 6.07) is -0.333. The van der Waals surface area contributed by atoms with Crippen LogP contribution in [0.4, 0.5) is 0 Å². The molecular formula is C6H11Cl2NO2. The molecule has 0 unspecified atom stereocenters. The Hall–Kier alpha value is 0.200. The zero-order valence-electron chi connectivity index (χ0n) is 5.93. The minimum atomic E-state index is -0.333. The van der Waals surface area contributed by atoms with Gasteiger partial charge in [0, 0.05) is 17.1 Å². The molecule has 0 atom stereocenters. The summed E-state index contributed by atoms with van der Waals surface area (Å²) >= 11 is 10.8. The van der Waals surface area contributed by atoms with Gasteiger partial charge >= 0.3 is 0 Å². The number of aliphatic hydroxyl groups excluding tert-OH is 2. The summed E-state index contributed by atoms with van der Waals surface area (Å²) in [5.74, 6) is 0. The summed E-state index contributed by atoms with van der Waals surface area (Å²) in [4.78, 5) is 0. The maximum Gasteiger partial charge on any atom is 0.0607 e. The average Bonchev–Trinajstić information content (AvgIpc) is 2.06. The molecule has 0 aliphatic rings. The number of hydrogen-bond acceptors (Lipinski definition) is 3. The van der Waals surface area contributed by atoms with Crippen molar-refractivity contribution in [3.63, 3.8) is 0 Å².